The van der Waals surface area contributed by atoms with Crippen LogP contribution in [0, 0.1) is 34.9 Å². The number of carbonyl (C=O) groups is 1. The summed E-state index contributed by atoms with van der Waals surface area (Å²) in [5.41, 5.74) is 0.461. The lowest BCUT2D eigenvalue weighted by Crippen LogP contribution is -2.54. The molecule has 2 aromatic carbocycles. The van der Waals surface area contributed by atoms with Crippen molar-refractivity contribution in [1.29, 1.82) is 5.26 Å². The average molecular weight is 594 g/mol. The van der Waals surface area contributed by atoms with Crippen LogP contribution in [-0.4, -0.2) is 63.4 Å². The molecule has 42 heavy (non-hydrogen) atoms. The van der Waals surface area contributed by atoms with E-state index >= 15 is 4.39 Å². The minimum atomic E-state index is -3.17. The molecular weight excluding hydrogens is 553 g/mol. The Balaban J connectivity index is 1.09. The quantitative estimate of drug-likeness (QED) is 0.374. The molecule has 0 spiro atoms. The van der Waals surface area contributed by atoms with Crippen molar-refractivity contribution in [3.8, 4) is 6.07 Å². The second-order valence-electron chi connectivity index (χ2n) is 12.7. The normalized spacial score (nSPS) is 25.4. The highest BCUT2D eigenvalue weighted by atomic mass is 32.2. The number of piperidine rings is 1. The second kappa shape index (κ2) is 11.6. The number of carbonyl (C=O) groups excluding carboxylic acids is 1. The third-order valence-electron chi connectivity index (χ3n) is 10.1. The van der Waals surface area contributed by atoms with Crippen molar-refractivity contribution in [3.63, 3.8) is 0 Å². The molecule has 0 aromatic heterocycles. The zero-order chi connectivity index (χ0) is 29.5. The number of hydrogen-bond acceptors (Lipinski definition) is 7. The molecule has 9 heteroatoms. The molecule has 2 saturated carbocycles. The number of anilines is 1. The highest BCUT2D eigenvalue weighted by molar-refractivity contribution is 7.92. The first-order valence-electron chi connectivity index (χ1n) is 15.4. The summed E-state index contributed by atoms with van der Waals surface area (Å²) in [4.78, 5) is 17.1. The van der Waals surface area contributed by atoms with Crippen molar-refractivity contribution < 1.29 is 22.3 Å². The standard InChI is InChI=1S/C33H40FN3O4S/c1-23(38)41-32-8-4-6-30(32)33(22-35,29-5-2-3-7-31(29)34)25-15-17-36(18-16-25)19-24-20-37(21-24)26-9-11-27(12-10-26)42(39,40)28-13-14-28/h2-3,5,7,9-12,24-25,28,30,32H,4,6,8,13-21H2,1H3/t30-,32-,33?/m1/s1. The summed E-state index contributed by atoms with van der Waals surface area (Å²) in [5, 5.41) is 10.6. The first-order valence-corrected chi connectivity index (χ1v) is 16.9. The van der Waals surface area contributed by atoms with Gasteiger partial charge in [0.05, 0.1) is 21.6 Å². The number of nitrogens with zero attached hydrogens (tertiary/aromatic N) is 3. The molecule has 2 heterocycles. The van der Waals surface area contributed by atoms with E-state index < -0.39 is 15.3 Å². The molecule has 0 N–H and O–H groups in total. The molecule has 0 radical (unpaired) electrons. The maximum absolute atomic E-state index is 15.4. The van der Waals surface area contributed by atoms with Gasteiger partial charge in [0.15, 0.2) is 9.84 Å². The van der Waals surface area contributed by atoms with Gasteiger partial charge < -0.3 is 14.5 Å². The van der Waals surface area contributed by atoms with Gasteiger partial charge in [0, 0.05) is 49.6 Å². The third kappa shape index (κ3) is 5.44. The van der Waals surface area contributed by atoms with E-state index in [0.717, 1.165) is 76.9 Å². The number of sulfone groups is 1. The van der Waals surface area contributed by atoms with Gasteiger partial charge in [-0.3, -0.25) is 4.79 Å². The van der Waals surface area contributed by atoms with Gasteiger partial charge in [0.2, 0.25) is 0 Å². The topological polar surface area (TPSA) is 90.7 Å². The van der Waals surface area contributed by atoms with Gasteiger partial charge in [0.25, 0.3) is 0 Å². The molecule has 2 aromatic rings. The van der Waals surface area contributed by atoms with Crippen molar-refractivity contribution in [2.24, 2.45) is 17.8 Å². The minimum absolute atomic E-state index is 0.0277. The Bertz CT molecular complexity index is 1440. The molecule has 1 unspecified atom stereocenters. The van der Waals surface area contributed by atoms with Crippen LogP contribution in [0.3, 0.4) is 0 Å². The number of rotatable bonds is 9. The molecular formula is C33H40FN3O4S. The minimum Gasteiger partial charge on any atom is -0.462 e. The van der Waals surface area contributed by atoms with Crippen LogP contribution in [0.2, 0.25) is 0 Å². The summed E-state index contributed by atoms with van der Waals surface area (Å²) in [6, 6.07) is 16.6. The first-order chi connectivity index (χ1) is 20.2. The predicted molar refractivity (Wildman–Crippen MR) is 158 cm³/mol. The molecule has 2 aliphatic heterocycles. The van der Waals surface area contributed by atoms with Crippen LogP contribution in [0.4, 0.5) is 10.1 Å². The van der Waals surface area contributed by atoms with Gasteiger partial charge >= 0.3 is 5.97 Å². The maximum atomic E-state index is 15.4. The molecule has 6 rings (SSSR count). The number of likely N-dealkylation sites (tertiary alicyclic amines) is 1. The zero-order valence-electron chi connectivity index (χ0n) is 24.3. The van der Waals surface area contributed by atoms with E-state index in [1.807, 2.05) is 12.1 Å². The van der Waals surface area contributed by atoms with Crippen LogP contribution in [0.1, 0.15) is 57.4 Å². The van der Waals surface area contributed by atoms with Crippen LogP contribution in [0.5, 0.6) is 0 Å². The summed E-state index contributed by atoms with van der Waals surface area (Å²) in [6.07, 6.45) is 5.05. The lowest BCUT2D eigenvalue weighted by molar-refractivity contribution is -0.149. The van der Waals surface area contributed by atoms with Crippen molar-refractivity contribution >= 4 is 21.5 Å². The lowest BCUT2D eigenvalue weighted by Gasteiger charge is -2.47. The third-order valence-corrected chi connectivity index (χ3v) is 12.3. The van der Waals surface area contributed by atoms with Gasteiger partial charge in [-0.2, -0.15) is 5.26 Å². The Morgan fingerprint density at radius 2 is 1.71 bits per heavy atom. The number of nitriles is 1. The summed E-state index contributed by atoms with van der Waals surface area (Å²) in [5.74, 6) is -0.448. The second-order valence-corrected chi connectivity index (χ2v) is 15.0. The Morgan fingerprint density at radius 1 is 1.02 bits per heavy atom. The van der Waals surface area contributed by atoms with Gasteiger partial charge in [-0.15, -0.1) is 0 Å². The van der Waals surface area contributed by atoms with E-state index in [-0.39, 0.29) is 35.0 Å². The zero-order valence-corrected chi connectivity index (χ0v) is 25.1. The fourth-order valence-electron chi connectivity index (χ4n) is 7.80. The molecule has 0 amide bonds. The van der Waals surface area contributed by atoms with E-state index in [1.54, 1.807) is 30.3 Å². The number of hydrogen-bond donors (Lipinski definition) is 0. The van der Waals surface area contributed by atoms with E-state index in [9.17, 15) is 18.5 Å². The Kier molecular flexibility index (Phi) is 8.05. The smallest absolute Gasteiger partial charge is 0.302 e. The molecule has 2 saturated heterocycles. The molecule has 0 bridgehead atoms. The van der Waals surface area contributed by atoms with Crippen LogP contribution in [0.25, 0.3) is 0 Å². The summed E-state index contributed by atoms with van der Waals surface area (Å²) >= 11 is 0. The van der Waals surface area contributed by atoms with Crippen molar-refractivity contribution in [3.05, 3.63) is 59.9 Å². The van der Waals surface area contributed by atoms with Crippen molar-refractivity contribution in [2.45, 2.75) is 73.5 Å². The van der Waals surface area contributed by atoms with E-state index in [1.165, 1.54) is 13.0 Å². The molecule has 2 aliphatic carbocycles. The Labute approximate surface area is 248 Å². The average Bonchev–Trinajstić information content (AvgIpc) is 3.74. The van der Waals surface area contributed by atoms with Crippen LogP contribution >= 0.6 is 0 Å². The predicted octanol–water partition coefficient (Wildman–Crippen LogP) is 5.10. The molecule has 7 nitrogen and oxygen atoms in total. The fraction of sp³-hybridized carbons (Fsp3) is 0.576. The van der Waals surface area contributed by atoms with Gasteiger partial charge in [-0.05, 0) is 94.3 Å². The highest BCUT2D eigenvalue weighted by Gasteiger charge is 2.54. The summed E-state index contributed by atoms with van der Waals surface area (Å²) < 4.78 is 46.1. The van der Waals surface area contributed by atoms with Crippen molar-refractivity contribution in [2.75, 3.05) is 37.6 Å². The van der Waals surface area contributed by atoms with Crippen LogP contribution in [0.15, 0.2) is 53.4 Å². The Morgan fingerprint density at radius 3 is 2.33 bits per heavy atom. The van der Waals surface area contributed by atoms with Crippen molar-refractivity contribution in [1.82, 2.24) is 4.90 Å². The maximum Gasteiger partial charge on any atom is 0.302 e. The van der Waals surface area contributed by atoms with Gasteiger partial charge in [-0.1, -0.05) is 18.2 Å². The highest BCUT2D eigenvalue weighted by Crippen LogP contribution is 2.51. The van der Waals surface area contributed by atoms with Crippen LogP contribution < -0.4 is 4.90 Å². The Hall–Kier alpha value is -2.96. The summed E-state index contributed by atoms with van der Waals surface area (Å²) in [7, 11) is -3.17. The number of halogens is 1. The fourth-order valence-corrected chi connectivity index (χ4v) is 9.46. The monoisotopic (exact) mass is 593 g/mol. The molecule has 4 aliphatic rings. The number of benzene rings is 2. The molecule has 224 valence electrons. The SMILES string of the molecule is CC(=O)O[C@@H]1CCC[C@H]1C(C#N)(c1ccccc1F)C1CCN(CC2CN(c3ccc(S(=O)(=O)C4CC4)cc3)C2)CC1. The van der Waals surface area contributed by atoms with Crippen LogP contribution in [-0.2, 0) is 24.8 Å². The first kappa shape index (κ1) is 29.1. The largest absolute Gasteiger partial charge is 0.462 e. The number of ether oxygens (including phenoxy) is 1. The molecule has 4 fully saturated rings. The van der Waals surface area contributed by atoms with E-state index in [4.69, 9.17) is 4.74 Å². The van der Waals surface area contributed by atoms with Gasteiger partial charge in [0.1, 0.15) is 11.9 Å². The molecule has 3 atom stereocenters. The van der Waals surface area contributed by atoms with E-state index in [2.05, 4.69) is 15.9 Å². The van der Waals surface area contributed by atoms with E-state index in [0.29, 0.717) is 22.8 Å². The summed E-state index contributed by atoms with van der Waals surface area (Å²) in [6.45, 7) is 5.92. The number of esters is 1. The lowest BCUT2D eigenvalue weighted by atomic mass is 9.59. The van der Waals surface area contributed by atoms with Gasteiger partial charge in [-0.25, -0.2) is 12.8 Å².